The first-order valence-electron chi connectivity index (χ1n) is 7.27. The second kappa shape index (κ2) is 5.83. The third-order valence-electron chi connectivity index (χ3n) is 3.81. The summed E-state index contributed by atoms with van der Waals surface area (Å²) in [6.45, 7) is 12.7. The summed E-state index contributed by atoms with van der Waals surface area (Å²) in [5, 5.41) is 0. The molecule has 0 amide bonds. The van der Waals surface area contributed by atoms with Crippen LogP contribution in [0.3, 0.4) is 0 Å². The maximum Gasteiger partial charge on any atom is 0.0368 e. The van der Waals surface area contributed by atoms with Crippen LogP contribution in [0, 0.1) is 5.41 Å². The Kier molecular flexibility index (Phi) is 4.35. The van der Waals surface area contributed by atoms with Gasteiger partial charge in [-0.2, -0.15) is 0 Å². The monoisotopic (exact) mass is 261 g/mol. The Morgan fingerprint density at radius 2 is 1.58 bits per heavy atom. The Balaban J connectivity index is 1.81. The van der Waals surface area contributed by atoms with E-state index in [1.807, 2.05) is 12.1 Å². The van der Waals surface area contributed by atoms with Crippen molar-refractivity contribution in [2.45, 2.75) is 27.2 Å². The second-order valence-electron chi connectivity index (χ2n) is 6.73. The van der Waals surface area contributed by atoms with Gasteiger partial charge in [-0.05, 0) is 42.6 Å². The van der Waals surface area contributed by atoms with E-state index in [9.17, 15) is 0 Å². The van der Waals surface area contributed by atoms with Crippen LogP contribution in [0.15, 0.2) is 24.3 Å². The molecule has 0 saturated carbocycles. The zero-order valence-corrected chi connectivity index (χ0v) is 12.5. The largest absolute Gasteiger partial charge is 0.399 e. The maximum atomic E-state index is 5.73. The second-order valence-corrected chi connectivity index (χ2v) is 6.73. The fraction of sp³-hybridized carbons (Fsp3) is 0.625. The third kappa shape index (κ3) is 4.43. The maximum absolute atomic E-state index is 5.73. The lowest BCUT2D eigenvalue weighted by Crippen LogP contribution is -2.47. The average molecular weight is 261 g/mol. The molecule has 1 aromatic carbocycles. The Hall–Kier alpha value is -1.22. The Labute approximate surface area is 117 Å². The summed E-state index contributed by atoms with van der Waals surface area (Å²) in [6, 6.07) is 8.23. The zero-order chi connectivity index (χ0) is 13.9. The van der Waals surface area contributed by atoms with Crippen molar-refractivity contribution in [2.75, 3.05) is 43.4 Å². The number of hydrogen-bond acceptors (Lipinski definition) is 3. The van der Waals surface area contributed by atoms with Gasteiger partial charge in [-0.15, -0.1) is 0 Å². The van der Waals surface area contributed by atoms with E-state index in [4.69, 9.17) is 5.73 Å². The topological polar surface area (TPSA) is 32.5 Å². The average Bonchev–Trinajstić information content (AvgIpc) is 2.37. The number of anilines is 2. The molecule has 1 heterocycles. The summed E-state index contributed by atoms with van der Waals surface area (Å²) in [7, 11) is 0. The summed E-state index contributed by atoms with van der Waals surface area (Å²) in [4.78, 5) is 5.03. The van der Waals surface area contributed by atoms with E-state index in [1.165, 1.54) is 31.7 Å². The first-order valence-corrected chi connectivity index (χ1v) is 7.27. The van der Waals surface area contributed by atoms with Crippen LogP contribution >= 0.6 is 0 Å². The molecule has 1 aliphatic rings. The SMILES string of the molecule is CC(C)(C)CCN1CCN(c2ccc(N)cc2)CC1. The quantitative estimate of drug-likeness (QED) is 0.849. The molecule has 1 fully saturated rings. The van der Waals surface area contributed by atoms with E-state index >= 15 is 0 Å². The Bertz CT molecular complexity index is 383. The summed E-state index contributed by atoms with van der Waals surface area (Å²) in [6.07, 6.45) is 1.27. The molecule has 0 unspecified atom stereocenters. The van der Waals surface area contributed by atoms with E-state index in [2.05, 4.69) is 42.7 Å². The van der Waals surface area contributed by atoms with E-state index in [1.54, 1.807) is 0 Å². The van der Waals surface area contributed by atoms with Crippen molar-refractivity contribution in [3.63, 3.8) is 0 Å². The van der Waals surface area contributed by atoms with Gasteiger partial charge in [0.05, 0.1) is 0 Å². The molecular formula is C16H27N3. The van der Waals surface area contributed by atoms with Crippen molar-refractivity contribution < 1.29 is 0 Å². The first-order chi connectivity index (χ1) is 8.94. The lowest BCUT2D eigenvalue weighted by atomic mass is 9.92. The fourth-order valence-corrected chi connectivity index (χ4v) is 2.41. The standard InChI is InChI=1S/C16H27N3/c1-16(2,3)8-9-18-10-12-19(13-11-18)15-6-4-14(17)5-7-15/h4-7H,8-13,17H2,1-3H3. The van der Waals surface area contributed by atoms with E-state index in [0.29, 0.717) is 5.41 Å². The van der Waals surface area contributed by atoms with Gasteiger partial charge in [-0.1, -0.05) is 20.8 Å². The van der Waals surface area contributed by atoms with Crippen LogP contribution in [-0.2, 0) is 0 Å². The minimum absolute atomic E-state index is 0.439. The summed E-state index contributed by atoms with van der Waals surface area (Å²) < 4.78 is 0. The fourth-order valence-electron chi connectivity index (χ4n) is 2.41. The molecule has 2 N–H and O–H groups in total. The van der Waals surface area contributed by atoms with Crippen LogP contribution in [0.25, 0.3) is 0 Å². The molecule has 1 saturated heterocycles. The highest BCUT2D eigenvalue weighted by Gasteiger charge is 2.19. The van der Waals surface area contributed by atoms with Gasteiger partial charge >= 0.3 is 0 Å². The molecule has 0 atom stereocenters. The van der Waals surface area contributed by atoms with Crippen LogP contribution in [0.4, 0.5) is 11.4 Å². The van der Waals surface area contributed by atoms with E-state index in [0.717, 1.165) is 18.8 Å². The van der Waals surface area contributed by atoms with Crippen LogP contribution in [0.2, 0.25) is 0 Å². The lowest BCUT2D eigenvalue weighted by Gasteiger charge is -2.37. The molecule has 3 heteroatoms. The van der Waals surface area contributed by atoms with Crippen molar-refractivity contribution in [1.82, 2.24) is 4.90 Å². The molecule has 1 aromatic rings. The molecule has 0 radical (unpaired) electrons. The van der Waals surface area contributed by atoms with Crippen LogP contribution < -0.4 is 10.6 Å². The molecule has 2 rings (SSSR count). The third-order valence-corrected chi connectivity index (χ3v) is 3.81. The van der Waals surface area contributed by atoms with Crippen LogP contribution in [-0.4, -0.2) is 37.6 Å². The van der Waals surface area contributed by atoms with Crippen molar-refractivity contribution in [3.8, 4) is 0 Å². The number of nitrogen functional groups attached to an aromatic ring is 1. The van der Waals surface area contributed by atoms with Gasteiger partial charge in [0.1, 0.15) is 0 Å². The van der Waals surface area contributed by atoms with Crippen LogP contribution in [0.1, 0.15) is 27.2 Å². The smallest absolute Gasteiger partial charge is 0.0368 e. The highest BCUT2D eigenvalue weighted by atomic mass is 15.3. The molecule has 19 heavy (non-hydrogen) atoms. The minimum atomic E-state index is 0.439. The Morgan fingerprint density at radius 1 is 1.00 bits per heavy atom. The molecule has 106 valence electrons. The molecular weight excluding hydrogens is 234 g/mol. The lowest BCUT2D eigenvalue weighted by molar-refractivity contribution is 0.217. The Morgan fingerprint density at radius 3 is 2.11 bits per heavy atom. The summed E-state index contributed by atoms with van der Waals surface area (Å²) in [5.74, 6) is 0. The van der Waals surface area contributed by atoms with Crippen molar-refractivity contribution in [1.29, 1.82) is 0 Å². The van der Waals surface area contributed by atoms with Gasteiger partial charge in [0.2, 0.25) is 0 Å². The molecule has 0 aliphatic carbocycles. The number of piperazine rings is 1. The molecule has 0 spiro atoms. The molecule has 3 nitrogen and oxygen atoms in total. The molecule has 1 aliphatic heterocycles. The normalized spacial score (nSPS) is 17.7. The van der Waals surface area contributed by atoms with Gasteiger partial charge in [-0.3, -0.25) is 4.90 Å². The summed E-state index contributed by atoms with van der Waals surface area (Å²) in [5.41, 5.74) is 8.31. The van der Waals surface area contributed by atoms with Gasteiger partial charge in [0, 0.05) is 37.6 Å². The van der Waals surface area contributed by atoms with E-state index < -0.39 is 0 Å². The number of nitrogens with two attached hydrogens (primary N) is 1. The number of benzene rings is 1. The van der Waals surface area contributed by atoms with Crippen molar-refractivity contribution >= 4 is 11.4 Å². The van der Waals surface area contributed by atoms with Gasteiger partial charge < -0.3 is 10.6 Å². The van der Waals surface area contributed by atoms with Crippen LogP contribution in [0.5, 0.6) is 0 Å². The number of nitrogens with zero attached hydrogens (tertiary/aromatic N) is 2. The van der Waals surface area contributed by atoms with Gasteiger partial charge in [0.25, 0.3) is 0 Å². The van der Waals surface area contributed by atoms with Gasteiger partial charge in [0.15, 0.2) is 0 Å². The zero-order valence-electron chi connectivity index (χ0n) is 12.5. The number of rotatable bonds is 3. The highest BCUT2D eigenvalue weighted by molar-refractivity contribution is 5.53. The highest BCUT2D eigenvalue weighted by Crippen LogP contribution is 2.21. The predicted octanol–water partition coefficient (Wildman–Crippen LogP) is 2.83. The van der Waals surface area contributed by atoms with E-state index in [-0.39, 0.29) is 0 Å². The summed E-state index contributed by atoms with van der Waals surface area (Å²) >= 11 is 0. The molecule has 0 aromatic heterocycles. The predicted molar refractivity (Wildman–Crippen MR) is 83.6 cm³/mol. The van der Waals surface area contributed by atoms with Crippen molar-refractivity contribution in [2.24, 2.45) is 5.41 Å². The number of hydrogen-bond donors (Lipinski definition) is 1. The molecule has 0 bridgehead atoms. The van der Waals surface area contributed by atoms with Gasteiger partial charge in [-0.25, -0.2) is 0 Å². The first kappa shape index (κ1) is 14.2. The van der Waals surface area contributed by atoms with Crippen molar-refractivity contribution in [3.05, 3.63) is 24.3 Å². The minimum Gasteiger partial charge on any atom is -0.399 e.